The predicted octanol–water partition coefficient (Wildman–Crippen LogP) is 4.43. The molecule has 1 amide bonds. The molecule has 1 unspecified atom stereocenters. The molecule has 1 saturated heterocycles. The van der Waals surface area contributed by atoms with Gasteiger partial charge >= 0.3 is 0 Å². The van der Waals surface area contributed by atoms with E-state index in [9.17, 15) is 13.2 Å². The Hall–Kier alpha value is -2.54. The second-order valence-electron chi connectivity index (χ2n) is 9.98. The van der Waals surface area contributed by atoms with Gasteiger partial charge in [0, 0.05) is 31.4 Å². The van der Waals surface area contributed by atoms with Crippen molar-refractivity contribution in [3.8, 4) is 5.75 Å². The second kappa shape index (κ2) is 10.8. The van der Waals surface area contributed by atoms with Crippen molar-refractivity contribution in [2.45, 2.75) is 59.0 Å². The quantitative estimate of drug-likeness (QED) is 0.525. The van der Waals surface area contributed by atoms with E-state index in [1.54, 1.807) is 4.90 Å². The third kappa shape index (κ3) is 6.75. The van der Waals surface area contributed by atoms with Crippen molar-refractivity contribution >= 4 is 21.4 Å². The molecule has 1 heterocycles. The van der Waals surface area contributed by atoms with Crippen molar-refractivity contribution in [2.75, 3.05) is 36.1 Å². The molecule has 1 atom stereocenters. The normalized spacial score (nSPS) is 17.4. The molecule has 0 aliphatic carbocycles. The average Bonchev–Trinajstić information content (AvgIpc) is 3.16. The Morgan fingerprint density at radius 3 is 2.12 bits per heavy atom. The van der Waals surface area contributed by atoms with Gasteiger partial charge in [0.25, 0.3) is 5.91 Å². The Bertz CT molecular complexity index is 1050. The van der Waals surface area contributed by atoms with Crippen LogP contribution in [0.3, 0.4) is 0 Å². The molecule has 0 radical (unpaired) electrons. The number of amides is 1. The molecule has 0 bridgehead atoms. The van der Waals surface area contributed by atoms with Gasteiger partial charge in [0.2, 0.25) is 0 Å². The van der Waals surface area contributed by atoms with E-state index in [0.717, 1.165) is 24.3 Å². The summed E-state index contributed by atoms with van der Waals surface area (Å²) >= 11 is 0. The summed E-state index contributed by atoms with van der Waals surface area (Å²) in [5.41, 5.74) is 3.34. The second-order valence-corrected chi connectivity index (χ2v) is 12.2. The molecule has 2 aromatic carbocycles. The maximum absolute atomic E-state index is 13.2. The van der Waals surface area contributed by atoms with Gasteiger partial charge in [-0.1, -0.05) is 45.0 Å². The molecule has 1 aliphatic rings. The number of sulfone groups is 1. The summed E-state index contributed by atoms with van der Waals surface area (Å²) in [4.78, 5) is 17.2. The molecule has 7 heteroatoms. The summed E-state index contributed by atoms with van der Waals surface area (Å²) in [7, 11) is -3.12. The van der Waals surface area contributed by atoms with Crippen LogP contribution in [0.25, 0.3) is 0 Å². The topological polar surface area (TPSA) is 66.9 Å². The zero-order chi connectivity index (χ0) is 24.9. The minimum atomic E-state index is -3.12. The lowest BCUT2D eigenvalue weighted by Gasteiger charge is -2.29. The number of anilines is 1. The number of carbonyl (C=O) groups is 1. The highest BCUT2D eigenvalue weighted by Gasteiger charge is 2.34. The van der Waals surface area contributed by atoms with E-state index in [1.807, 2.05) is 36.4 Å². The lowest BCUT2D eigenvalue weighted by molar-refractivity contribution is -0.136. The van der Waals surface area contributed by atoms with Gasteiger partial charge in [-0.05, 0) is 61.1 Å². The van der Waals surface area contributed by atoms with Gasteiger partial charge in [0.1, 0.15) is 5.75 Å². The first kappa shape index (κ1) is 26.1. The number of rotatable bonds is 9. The maximum atomic E-state index is 13.2. The van der Waals surface area contributed by atoms with Crippen molar-refractivity contribution < 1.29 is 17.9 Å². The number of ether oxygens (including phenoxy) is 1. The van der Waals surface area contributed by atoms with Crippen LogP contribution in [0.15, 0.2) is 48.5 Å². The van der Waals surface area contributed by atoms with E-state index in [1.165, 1.54) is 5.56 Å². The van der Waals surface area contributed by atoms with E-state index in [2.05, 4.69) is 51.7 Å². The average molecular weight is 487 g/mol. The molecular formula is C27H38N2O4S. The molecule has 3 rings (SSSR count). The lowest BCUT2D eigenvalue weighted by Crippen LogP contribution is -2.43. The Labute approximate surface area is 204 Å². The van der Waals surface area contributed by atoms with E-state index in [4.69, 9.17) is 4.74 Å². The fraction of sp³-hybridized carbons (Fsp3) is 0.519. The predicted molar refractivity (Wildman–Crippen MR) is 138 cm³/mol. The Morgan fingerprint density at radius 2 is 1.62 bits per heavy atom. The van der Waals surface area contributed by atoms with Gasteiger partial charge < -0.3 is 14.5 Å². The number of carbonyl (C=O) groups excluding carboxylic acids is 1. The molecule has 186 valence electrons. The summed E-state index contributed by atoms with van der Waals surface area (Å²) in [5.74, 6) is 0.562. The number of hydrogen-bond donors (Lipinski definition) is 0. The van der Waals surface area contributed by atoms with Crippen LogP contribution < -0.4 is 9.64 Å². The number of benzene rings is 2. The summed E-state index contributed by atoms with van der Waals surface area (Å²) in [6.07, 6.45) is 0.464. The van der Waals surface area contributed by atoms with Crippen molar-refractivity contribution in [1.82, 2.24) is 4.90 Å². The van der Waals surface area contributed by atoms with Crippen LogP contribution in [0.1, 0.15) is 52.2 Å². The van der Waals surface area contributed by atoms with Crippen LogP contribution in [0.5, 0.6) is 5.75 Å². The first-order valence-electron chi connectivity index (χ1n) is 12.1. The Balaban J connectivity index is 1.72. The van der Waals surface area contributed by atoms with E-state index in [0.29, 0.717) is 18.7 Å². The molecule has 1 aliphatic heterocycles. The molecular weight excluding hydrogens is 448 g/mol. The largest absolute Gasteiger partial charge is 0.484 e. The number of nitrogens with zero attached hydrogens (tertiary/aromatic N) is 2. The van der Waals surface area contributed by atoms with Gasteiger partial charge in [-0.15, -0.1) is 0 Å². The Kier molecular flexibility index (Phi) is 8.29. The summed E-state index contributed by atoms with van der Waals surface area (Å²) in [6, 6.07) is 15.6. The Morgan fingerprint density at radius 1 is 1.00 bits per heavy atom. The van der Waals surface area contributed by atoms with Crippen LogP contribution in [0, 0.1) is 0 Å². The zero-order valence-electron chi connectivity index (χ0n) is 21.1. The fourth-order valence-electron chi connectivity index (χ4n) is 4.32. The molecule has 0 saturated carbocycles. The molecule has 0 aromatic heterocycles. The SMILES string of the molecule is CCN(CC)c1ccc(CN(C(=O)COc2ccc(C(C)(C)C)cc2)C2CCS(=O)(=O)C2)cc1. The van der Waals surface area contributed by atoms with Crippen LogP contribution in [0.2, 0.25) is 0 Å². The lowest BCUT2D eigenvalue weighted by atomic mass is 9.87. The highest BCUT2D eigenvalue weighted by Crippen LogP contribution is 2.25. The van der Waals surface area contributed by atoms with Crippen LogP contribution in [0.4, 0.5) is 5.69 Å². The molecule has 0 N–H and O–H groups in total. The highest BCUT2D eigenvalue weighted by atomic mass is 32.2. The number of hydrogen-bond acceptors (Lipinski definition) is 5. The molecule has 6 nitrogen and oxygen atoms in total. The van der Waals surface area contributed by atoms with E-state index in [-0.39, 0.29) is 35.5 Å². The van der Waals surface area contributed by atoms with Crippen molar-refractivity contribution in [2.24, 2.45) is 0 Å². The minimum Gasteiger partial charge on any atom is -0.484 e. The summed E-state index contributed by atoms with van der Waals surface area (Å²) in [6.45, 7) is 12.8. The van der Waals surface area contributed by atoms with Crippen molar-refractivity contribution in [1.29, 1.82) is 0 Å². The van der Waals surface area contributed by atoms with Crippen LogP contribution >= 0.6 is 0 Å². The zero-order valence-corrected chi connectivity index (χ0v) is 21.9. The van der Waals surface area contributed by atoms with E-state index < -0.39 is 9.84 Å². The van der Waals surface area contributed by atoms with Gasteiger partial charge in [-0.2, -0.15) is 0 Å². The fourth-order valence-corrected chi connectivity index (χ4v) is 6.05. The third-order valence-corrected chi connectivity index (χ3v) is 8.22. The standard InChI is InChI=1S/C27H38N2O4S/c1-6-28(7-2)23-12-8-21(9-13-23)18-29(24-16-17-34(31,32)20-24)26(30)19-33-25-14-10-22(11-15-25)27(3,4)5/h8-15,24H,6-7,16-20H2,1-5H3. The molecule has 2 aromatic rings. The van der Waals surface area contributed by atoms with Gasteiger partial charge in [-0.3, -0.25) is 4.79 Å². The summed E-state index contributed by atoms with van der Waals surface area (Å²) in [5, 5.41) is 0. The monoisotopic (exact) mass is 486 g/mol. The molecule has 1 fully saturated rings. The highest BCUT2D eigenvalue weighted by molar-refractivity contribution is 7.91. The van der Waals surface area contributed by atoms with Crippen molar-refractivity contribution in [3.05, 3.63) is 59.7 Å². The maximum Gasteiger partial charge on any atom is 0.261 e. The van der Waals surface area contributed by atoms with Gasteiger partial charge in [0.15, 0.2) is 16.4 Å². The smallest absolute Gasteiger partial charge is 0.261 e. The van der Waals surface area contributed by atoms with Crippen LogP contribution in [-0.4, -0.2) is 56.5 Å². The first-order valence-corrected chi connectivity index (χ1v) is 13.9. The van der Waals surface area contributed by atoms with Gasteiger partial charge in [0.05, 0.1) is 11.5 Å². The van der Waals surface area contributed by atoms with E-state index >= 15 is 0 Å². The molecule has 0 spiro atoms. The third-order valence-electron chi connectivity index (χ3n) is 6.47. The van der Waals surface area contributed by atoms with Gasteiger partial charge in [-0.25, -0.2) is 8.42 Å². The van der Waals surface area contributed by atoms with Crippen molar-refractivity contribution in [3.63, 3.8) is 0 Å². The first-order chi connectivity index (χ1) is 16.0. The molecule has 34 heavy (non-hydrogen) atoms. The minimum absolute atomic E-state index is 0.0105. The summed E-state index contributed by atoms with van der Waals surface area (Å²) < 4.78 is 30.0. The van der Waals surface area contributed by atoms with Crippen LogP contribution in [-0.2, 0) is 26.6 Å².